The lowest BCUT2D eigenvalue weighted by Crippen LogP contribution is -2.55. The van der Waals surface area contributed by atoms with Gasteiger partial charge in [0, 0.05) is 39.3 Å². The summed E-state index contributed by atoms with van der Waals surface area (Å²) in [5.74, 6) is 2.06. The summed E-state index contributed by atoms with van der Waals surface area (Å²) in [6, 6.07) is 0.0669. The molecule has 2 heterocycles. The summed E-state index contributed by atoms with van der Waals surface area (Å²) >= 11 is 0. The van der Waals surface area contributed by atoms with Crippen molar-refractivity contribution in [2.75, 3.05) is 39.3 Å². The SMILES string of the molecule is CC(C(=O)N1CCC2CCCCC2C1)N1CCNCC1. The van der Waals surface area contributed by atoms with Gasteiger partial charge in [-0.15, -0.1) is 0 Å². The third kappa shape index (κ3) is 3.01. The first-order valence-corrected chi connectivity index (χ1v) is 8.49. The highest BCUT2D eigenvalue weighted by Gasteiger charge is 2.35. The maximum Gasteiger partial charge on any atom is 0.239 e. The Kier molecular flexibility index (Phi) is 4.61. The van der Waals surface area contributed by atoms with Crippen molar-refractivity contribution in [3.8, 4) is 0 Å². The monoisotopic (exact) mass is 279 g/mol. The Balaban J connectivity index is 1.56. The van der Waals surface area contributed by atoms with E-state index in [1.165, 1.54) is 32.1 Å². The fourth-order valence-electron chi connectivity index (χ4n) is 4.29. The van der Waals surface area contributed by atoms with Crippen molar-refractivity contribution in [3.05, 3.63) is 0 Å². The van der Waals surface area contributed by atoms with Crippen LogP contribution in [0.2, 0.25) is 0 Å². The number of rotatable bonds is 2. The third-order valence-corrected chi connectivity index (χ3v) is 5.66. The molecule has 0 spiro atoms. The highest BCUT2D eigenvalue weighted by atomic mass is 16.2. The van der Waals surface area contributed by atoms with Crippen molar-refractivity contribution < 1.29 is 4.79 Å². The number of piperidine rings is 1. The molecule has 114 valence electrons. The lowest BCUT2D eigenvalue weighted by molar-refractivity contribution is -0.139. The number of hydrogen-bond donors (Lipinski definition) is 1. The van der Waals surface area contributed by atoms with Crippen LogP contribution in [0.4, 0.5) is 0 Å². The quantitative estimate of drug-likeness (QED) is 0.828. The number of hydrogen-bond acceptors (Lipinski definition) is 3. The summed E-state index contributed by atoms with van der Waals surface area (Å²) < 4.78 is 0. The minimum absolute atomic E-state index is 0.0669. The number of piperazine rings is 1. The molecule has 2 saturated heterocycles. The van der Waals surface area contributed by atoms with Gasteiger partial charge in [0.15, 0.2) is 0 Å². The van der Waals surface area contributed by atoms with Gasteiger partial charge in [-0.2, -0.15) is 0 Å². The Morgan fingerprint density at radius 2 is 1.75 bits per heavy atom. The standard InChI is InChI=1S/C16H29N3O/c1-13(18-10-7-17-8-11-18)16(20)19-9-6-14-4-2-3-5-15(14)12-19/h13-15,17H,2-12H2,1H3. The van der Waals surface area contributed by atoms with E-state index >= 15 is 0 Å². The second-order valence-electron chi connectivity index (χ2n) is 6.84. The van der Waals surface area contributed by atoms with Crippen molar-refractivity contribution in [2.45, 2.75) is 45.1 Å². The van der Waals surface area contributed by atoms with E-state index in [9.17, 15) is 4.79 Å². The molecule has 1 aliphatic carbocycles. The van der Waals surface area contributed by atoms with Crippen molar-refractivity contribution in [3.63, 3.8) is 0 Å². The normalized spacial score (nSPS) is 33.5. The van der Waals surface area contributed by atoms with Crippen molar-refractivity contribution in [1.29, 1.82) is 0 Å². The first kappa shape index (κ1) is 14.3. The van der Waals surface area contributed by atoms with Gasteiger partial charge in [-0.1, -0.05) is 19.3 Å². The van der Waals surface area contributed by atoms with Crippen molar-refractivity contribution in [2.24, 2.45) is 11.8 Å². The highest BCUT2D eigenvalue weighted by molar-refractivity contribution is 5.81. The second kappa shape index (κ2) is 6.44. The van der Waals surface area contributed by atoms with Gasteiger partial charge in [-0.3, -0.25) is 9.69 Å². The van der Waals surface area contributed by atoms with E-state index in [2.05, 4.69) is 22.0 Å². The van der Waals surface area contributed by atoms with E-state index in [0.717, 1.165) is 51.1 Å². The summed E-state index contributed by atoms with van der Waals surface area (Å²) in [6.45, 7) is 8.17. The molecule has 0 bridgehead atoms. The lowest BCUT2D eigenvalue weighted by Gasteiger charge is -2.43. The molecule has 1 N–H and O–H groups in total. The molecule has 20 heavy (non-hydrogen) atoms. The topological polar surface area (TPSA) is 35.6 Å². The molecule has 0 aromatic rings. The summed E-state index contributed by atoms with van der Waals surface area (Å²) in [4.78, 5) is 17.2. The molecule has 3 fully saturated rings. The van der Waals surface area contributed by atoms with Crippen LogP contribution in [0.1, 0.15) is 39.0 Å². The maximum absolute atomic E-state index is 12.7. The summed E-state index contributed by atoms with van der Waals surface area (Å²) in [5, 5.41) is 3.36. The first-order valence-electron chi connectivity index (χ1n) is 8.49. The molecule has 0 aromatic carbocycles. The number of nitrogens with one attached hydrogen (secondary N) is 1. The van der Waals surface area contributed by atoms with Crippen LogP contribution in [-0.2, 0) is 4.79 Å². The Hall–Kier alpha value is -0.610. The number of nitrogens with zero attached hydrogens (tertiary/aromatic N) is 2. The molecular weight excluding hydrogens is 250 g/mol. The van der Waals surface area contributed by atoms with Crippen LogP contribution in [0.5, 0.6) is 0 Å². The molecule has 1 amide bonds. The van der Waals surface area contributed by atoms with Crippen LogP contribution >= 0.6 is 0 Å². The molecule has 0 aromatic heterocycles. The minimum Gasteiger partial charge on any atom is -0.341 e. The highest BCUT2D eigenvalue weighted by Crippen LogP contribution is 2.36. The second-order valence-corrected chi connectivity index (χ2v) is 6.84. The Bertz CT molecular complexity index is 341. The predicted molar refractivity (Wildman–Crippen MR) is 80.5 cm³/mol. The molecule has 4 heteroatoms. The Morgan fingerprint density at radius 1 is 1.05 bits per heavy atom. The summed E-state index contributed by atoms with van der Waals surface area (Å²) in [6.07, 6.45) is 6.77. The van der Waals surface area contributed by atoms with Crippen molar-refractivity contribution in [1.82, 2.24) is 15.1 Å². The lowest BCUT2D eigenvalue weighted by atomic mass is 9.75. The molecule has 3 atom stereocenters. The van der Waals surface area contributed by atoms with E-state index in [1.54, 1.807) is 0 Å². The predicted octanol–water partition coefficient (Wildman–Crippen LogP) is 1.32. The largest absolute Gasteiger partial charge is 0.341 e. The van der Waals surface area contributed by atoms with Gasteiger partial charge in [0.25, 0.3) is 0 Å². The minimum atomic E-state index is 0.0669. The number of amides is 1. The van der Waals surface area contributed by atoms with E-state index in [1.807, 2.05) is 0 Å². The van der Waals surface area contributed by atoms with Crippen LogP contribution in [0.25, 0.3) is 0 Å². The summed E-state index contributed by atoms with van der Waals surface area (Å²) in [7, 11) is 0. The van der Waals surface area contributed by atoms with E-state index in [-0.39, 0.29) is 6.04 Å². The number of fused-ring (bicyclic) bond motifs is 1. The van der Waals surface area contributed by atoms with Crippen molar-refractivity contribution >= 4 is 5.91 Å². The third-order valence-electron chi connectivity index (χ3n) is 5.66. The Morgan fingerprint density at radius 3 is 2.50 bits per heavy atom. The molecule has 0 radical (unpaired) electrons. The zero-order valence-electron chi connectivity index (χ0n) is 12.8. The van der Waals surface area contributed by atoms with Gasteiger partial charge >= 0.3 is 0 Å². The van der Waals surface area contributed by atoms with Crippen LogP contribution in [-0.4, -0.2) is 61.0 Å². The average molecular weight is 279 g/mol. The first-order chi connectivity index (χ1) is 9.75. The smallest absolute Gasteiger partial charge is 0.239 e. The Labute approximate surface area is 122 Å². The van der Waals surface area contributed by atoms with Gasteiger partial charge in [0.05, 0.1) is 6.04 Å². The summed E-state index contributed by atoms with van der Waals surface area (Å²) in [5.41, 5.74) is 0. The number of likely N-dealkylation sites (tertiary alicyclic amines) is 1. The van der Waals surface area contributed by atoms with Gasteiger partial charge in [0.1, 0.15) is 0 Å². The van der Waals surface area contributed by atoms with Crippen LogP contribution in [0.15, 0.2) is 0 Å². The van der Waals surface area contributed by atoms with E-state index in [0.29, 0.717) is 5.91 Å². The molecule has 3 unspecified atom stereocenters. The fourth-order valence-corrected chi connectivity index (χ4v) is 4.29. The van der Waals surface area contributed by atoms with E-state index in [4.69, 9.17) is 0 Å². The van der Waals surface area contributed by atoms with E-state index < -0.39 is 0 Å². The molecule has 2 aliphatic heterocycles. The maximum atomic E-state index is 12.7. The molecule has 1 saturated carbocycles. The van der Waals surface area contributed by atoms with Gasteiger partial charge in [0.2, 0.25) is 5.91 Å². The van der Waals surface area contributed by atoms with Gasteiger partial charge in [-0.05, 0) is 31.6 Å². The molecule has 3 aliphatic rings. The van der Waals surface area contributed by atoms with Gasteiger partial charge in [-0.25, -0.2) is 0 Å². The van der Waals surface area contributed by atoms with Crippen LogP contribution < -0.4 is 5.32 Å². The molecule has 3 rings (SSSR count). The molecule has 4 nitrogen and oxygen atoms in total. The van der Waals surface area contributed by atoms with Gasteiger partial charge < -0.3 is 10.2 Å². The zero-order valence-corrected chi connectivity index (χ0v) is 12.8. The molecular formula is C16H29N3O. The number of carbonyl (C=O) groups excluding carboxylic acids is 1. The fraction of sp³-hybridized carbons (Fsp3) is 0.938. The number of carbonyl (C=O) groups is 1. The zero-order chi connectivity index (χ0) is 13.9. The van der Waals surface area contributed by atoms with Crippen LogP contribution in [0, 0.1) is 11.8 Å². The average Bonchev–Trinajstić information content (AvgIpc) is 2.54. The van der Waals surface area contributed by atoms with Crippen LogP contribution in [0.3, 0.4) is 0 Å².